The van der Waals surface area contributed by atoms with Gasteiger partial charge in [-0.15, -0.1) is 0 Å². The first-order valence-electron chi connectivity index (χ1n) is 8.01. The largest absolute Gasteiger partial charge is 0.336 e. The van der Waals surface area contributed by atoms with E-state index >= 15 is 0 Å². The molecular formula is C17H22ClN3O2. The molecule has 2 aliphatic rings. The van der Waals surface area contributed by atoms with Crippen molar-refractivity contribution in [3.8, 4) is 0 Å². The molecule has 2 fully saturated rings. The number of halogens is 1. The van der Waals surface area contributed by atoms with E-state index in [4.69, 9.17) is 17.3 Å². The van der Waals surface area contributed by atoms with E-state index in [1.165, 1.54) is 4.90 Å². The van der Waals surface area contributed by atoms with Crippen LogP contribution in [0.15, 0.2) is 24.3 Å². The fourth-order valence-electron chi connectivity index (χ4n) is 4.02. The van der Waals surface area contributed by atoms with Crippen LogP contribution in [-0.2, 0) is 9.59 Å². The van der Waals surface area contributed by atoms with Gasteiger partial charge in [0.2, 0.25) is 11.8 Å². The van der Waals surface area contributed by atoms with E-state index in [1.807, 2.05) is 0 Å². The number of carbonyl (C=O) groups excluding carboxylic acids is 2. The number of nitrogens with two attached hydrogens (primary N) is 1. The van der Waals surface area contributed by atoms with Crippen molar-refractivity contribution in [3.63, 3.8) is 0 Å². The first-order valence-corrected chi connectivity index (χ1v) is 8.39. The smallest absolute Gasteiger partial charge is 0.243 e. The highest BCUT2D eigenvalue weighted by atomic mass is 35.5. The van der Waals surface area contributed by atoms with E-state index in [1.54, 1.807) is 31.3 Å². The Morgan fingerprint density at radius 1 is 1.35 bits per heavy atom. The number of carbonyl (C=O) groups is 2. The molecule has 124 valence electrons. The summed E-state index contributed by atoms with van der Waals surface area (Å²) in [5, 5.41) is 3.31. The second-order valence-corrected chi connectivity index (χ2v) is 7.13. The van der Waals surface area contributed by atoms with Gasteiger partial charge in [0.15, 0.2) is 0 Å². The molecule has 0 aliphatic heterocycles. The van der Waals surface area contributed by atoms with E-state index in [9.17, 15) is 9.59 Å². The summed E-state index contributed by atoms with van der Waals surface area (Å²) in [6.45, 7) is 0.0198. The lowest BCUT2D eigenvalue weighted by Crippen LogP contribution is -2.47. The standard InChI is InChI=1S/C17H22ClN3O2/c1-21(9-14(22)20-13-4-2-3-12(18)8-13)17(23)15-10-5-6-11(7-10)16(15)19/h2-4,8,10-11,15-16H,5-7,9,19H2,1H3,(H,20,22). The minimum absolute atomic E-state index is 0.00839. The van der Waals surface area contributed by atoms with Crippen LogP contribution in [-0.4, -0.2) is 36.3 Å². The summed E-state index contributed by atoms with van der Waals surface area (Å²) in [5.41, 5.74) is 6.84. The fraction of sp³-hybridized carbons (Fsp3) is 0.529. The third-order valence-electron chi connectivity index (χ3n) is 5.13. The van der Waals surface area contributed by atoms with Gasteiger partial charge in [0.25, 0.3) is 0 Å². The highest BCUT2D eigenvalue weighted by Gasteiger charge is 2.49. The molecule has 0 radical (unpaired) electrons. The Morgan fingerprint density at radius 3 is 2.74 bits per heavy atom. The van der Waals surface area contributed by atoms with Gasteiger partial charge in [-0.2, -0.15) is 0 Å². The topological polar surface area (TPSA) is 75.4 Å². The second kappa shape index (κ2) is 6.49. The van der Waals surface area contributed by atoms with Gasteiger partial charge >= 0.3 is 0 Å². The van der Waals surface area contributed by atoms with Gasteiger partial charge in [0.05, 0.1) is 12.5 Å². The zero-order chi connectivity index (χ0) is 16.6. The maximum atomic E-state index is 12.6. The van der Waals surface area contributed by atoms with Gasteiger partial charge in [-0.3, -0.25) is 9.59 Å². The number of nitrogens with zero attached hydrogens (tertiary/aromatic N) is 1. The average Bonchev–Trinajstić information content (AvgIpc) is 3.07. The zero-order valence-electron chi connectivity index (χ0n) is 13.2. The third kappa shape index (κ3) is 3.35. The summed E-state index contributed by atoms with van der Waals surface area (Å²) < 4.78 is 0. The van der Waals surface area contributed by atoms with Crippen molar-refractivity contribution in [1.82, 2.24) is 4.90 Å². The van der Waals surface area contributed by atoms with Crippen LogP contribution < -0.4 is 11.1 Å². The summed E-state index contributed by atoms with van der Waals surface area (Å²) in [5.74, 6) is 0.493. The van der Waals surface area contributed by atoms with Crippen molar-refractivity contribution in [2.24, 2.45) is 23.5 Å². The Kier molecular flexibility index (Phi) is 4.60. The number of fused-ring (bicyclic) bond motifs is 2. The van der Waals surface area contributed by atoms with E-state index in [2.05, 4.69) is 5.32 Å². The van der Waals surface area contributed by atoms with Crippen LogP contribution in [0.25, 0.3) is 0 Å². The summed E-state index contributed by atoms with van der Waals surface area (Å²) >= 11 is 5.89. The molecule has 2 bridgehead atoms. The summed E-state index contributed by atoms with van der Waals surface area (Å²) in [6, 6.07) is 6.88. The number of nitrogens with one attached hydrogen (secondary N) is 1. The predicted molar refractivity (Wildman–Crippen MR) is 90.0 cm³/mol. The van der Waals surface area contributed by atoms with Crippen LogP contribution >= 0.6 is 11.6 Å². The van der Waals surface area contributed by atoms with Crippen molar-refractivity contribution < 1.29 is 9.59 Å². The Labute approximate surface area is 141 Å². The zero-order valence-corrected chi connectivity index (χ0v) is 13.9. The maximum absolute atomic E-state index is 12.6. The van der Waals surface area contributed by atoms with Crippen LogP contribution in [0.3, 0.4) is 0 Å². The van der Waals surface area contributed by atoms with Crippen molar-refractivity contribution in [2.45, 2.75) is 25.3 Å². The Hall–Kier alpha value is -1.59. The molecule has 2 saturated carbocycles. The van der Waals surface area contributed by atoms with E-state index in [0.717, 1.165) is 19.3 Å². The van der Waals surface area contributed by atoms with Gasteiger partial charge in [-0.25, -0.2) is 0 Å². The number of hydrogen-bond acceptors (Lipinski definition) is 3. The van der Waals surface area contributed by atoms with Crippen molar-refractivity contribution in [1.29, 1.82) is 0 Å². The number of anilines is 1. The van der Waals surface area contributed by atoms with Gasteiger partial charge in [-0.1, -0.05) is 17.7 Å². The lowest BCUT2D eigenvalue weighted by molar-refractivity contribution is -0.138. The fourth-order valence-corrected chi connectivity index (χ4v) is 4.21. The minimum atomic E-state index is -0.236. The summed E-state index contributed by atoms with van der Waals surface area (Å²) in [6.07, 6.45) is 3.27. The molecule has 3 N–H and O–H groups in total. The van der Waals surface area contributed by atoms with Gasteiger partial charge in [0, 0.05) is 23.8 Å². The van der Waals surface area contributed by atoms with Crippen LogP contribution in [0, 0.1) is 17.8 Å². The Morgan fingerprint density at radius 2 is 2.09 bits per heavy atom. The van der Waals surface area contributed by atoms with Crippen LogP contribution in [0.2, 0.25) is 5.02 Å². The molecule has 4 atom stereocenters. The number of hydrogen-bond donors (Lipinski definition) is 2. The SMILES string of the molecule is CN(CC(=O)Nc1cccc(Cl)c1)C(=O)C1C2CCC(C2)C1N. The number of likely N-dealkylation sites (N-methyl/N-ethyl adjacent to an activating group) is 1. The molecule has 23 heavy (non-hydrogen) atoms. The lowest BCUT2D eigenvalue weighted by Gasteiger charge is -2.30. The molecule has 3 rings (SSSR count). The minimum Gasteiger partial charge on any atom is -0.336 e. The Bertz CT molecular complexity index is 620. The maximum Gasteiger partial charge on any atom is 0.243 e. The molecular weight excluding hydrogens is 314 g/mol. The summed E-state index contributed by atoms with van der Waals surface area (Å²) in [4.78, 5) is 26.2. The number of rotatable bonds is 4. The number of amides is 2. The molecule has 5 nitrogen and oxygen atoms in total. The van der Waals surface area contributed by atoms with Crippen LogP contribution in [0.1, 0.15) is 19.3 Å². The summed E-state index contributed by atoms with van der Waals surface area (Å²) in [7, 11) is 1.67. The third-order valence-corrected chi connectivity index (χ3v) is 5.37. The van der Waals surface area contributed by atoms with Crippen molar-refractivity contribution >= 4 is 29.1 Å². The van der Waals surface area contributed by atoms with Crippen molar-refractivity contribution in [3.05, 3.63) is 29.3 Å². The second-order valence-electron chi connectivity index (χ2n) is 6.69. The first-order chi connectivity index (χ1) is 11.0. The number of benzene rings is 1. The van der Waals surface area contributed by atoms with Crippen molar-refractivity contribution in [2.75, 3.05) is 18.9 Å². The molecule has 2 amide bonds. The monoisotopic (exact) mass is 335 g/mol. The van der Waals surface area contributed by atoms with E-state index < -0.39 is 0 Å². The van der Waals surface area contributed by atoms with Crippen LogP contribution in [0.4, 0.5) is 5.69 Å². The average molecular weight is 336 g/mol. The molecule has 2 aliphatic carbocycles. The predicted octanol–water partition coefficient (Wildman–Crippen LogP) is 2.11. The molecule has 0 heterocycles. The molecule has 0 aromatic heterocycles. The van der Waals surface area contributed by atoms with Crippen LogP contribution in [0.5, 0.6) is 0 Å². The molecule has 0 spiro atoms. The molecule has 6 heteroatoms. The molecule has 0 saturated heterocycles. The normalized spacial score (nSPS) is 28.7. The Balaban J connectivity index is 1.57. The lowest BCUT2D eigenvalue weighted by atomic mass is 9.84. The first kappa shape index (κ1) is 16.3. The highest BCUT2D eigenvalue weighted by molar-refractivity contribution is 6.30. The molecule has 4 unspecified atom stereocenters. The molecule has 1 aromatic carbocycles. The van der Waals surface area contributed by atoms with Gasteiger partial charge < -0.3 is 16.0 Å². The highest BCUT2D eigenvalue weighted by Crippen LogP contribution is 2.48. The van der Waals surface area contributed by atoms with Gasteiger partial charge in [-0.05, 0) is 49.3 Å². The van der Waals surface area contributed by atoms with E-state index in [0.29, 0.717) is 22.5 Å². The molecule has 1 aromatic rings. The van der Waals surface area contributed by atoms with E-state index in [-0.39, 0.29) is 30.3 Å². The van der Waals surface area contributed by atoms with Gasteiger partial charge in [0.1, 0.15) is 0 Å². The quantitative estimate of drug-likeness (QED) is 0.884.